The van der Waals surface area contributed by atoms with Crippen molar-refractivity contribution >= 4 is 0 Å². The third kappa shape index (κ3) is 3.32. The van der Waals surface area contributed by atoms with Crippen molar-refractivity contribution in [3.8, 4) is 0 Å². The fourth-order valence-corrected chi connectivity index (χ4v) is 4.15. The Morgan fingerprint density at radius 3 is 2.37 bits per heavy atom. The topological polar surface area (TPSA) is 24.5 Å². The molecule has 3 heteroatoms. The van der Waals surface area contributed by atoms with Crippen molar-refractivity contribution in [1.82, 2.24) is 10.2 Å². The first-order valence-corrected chi connectivity index (χ1v) is 8.22. The van der Waals surface area contributed by atoms with Gasteiger partial charge < -0.3 is 10.1 Å². The van der Waals surface area contributed by atoms with Gasteiger partial charge >= 0.3 is 0 Å². The van der Waals surface area contributed by atoms with Gasteiger partial charge in [-0.15, -0.1) is 0 Å². The minimum atomic E-state index is 0.303. The Morgan fingerprint density at radius 1 is 1.21 bits per heavy atom. The van der Waals surface area contributed by atoms with E-state index in [4.69, 9.17) is 4.74 Å². The number of hydrogen-bond donors (Lipinski definition) is 1. The van der Waals surface area contributed by atoms with Crippen LogP contribution in [0.2, 0.25) is 0 Å². The molecule has 2 rings (SSSR count). The van der Waals surface area contributed by atoms with Crippen molar-refractivity contribution in [2.75, 3.05) is 33.4 Å². The molecule has 3 nitrogen and oxygen atoms in total. The maximum Gasteiger partial charge on any atom is 0.0469 e. The third-order valence-corrected chi connectivity index (χ3v) is 5.51. The highest BCUT2D eigenvalue weighted by Crippen LogP contribution is 2.34. The van der Waals surface area contributed by atoms with Crippen LogP contribution in [0, 0.1) is 5.92 Å². The molecule has 2 aliphatic heterocycles. The second-order valence-corrected chi connectivity index (χ2v) is 6.47. The number of likely N-dealkylation sites (tertiary alicyclic amines) is 1. The maximum absolute atomic E-state index is 5.54. The van der Waals surface area contributed by atoms with Crippen LogP contribution >= 0.6 is 0 Å². The number of hydrogen-bond acceptors (Lipinski definition) is 3. The van der Waals surface area contributed by atoms with Gasteiger partial charge in [-0.25, -0.2) is 0 Å². The van der Waals surface area contributed by atoms with Crippen LogP contribution in [0.3, 0.4) is 0 Å². The molecule has 0 aliphatic carbocycles. The zero-order chi connectivity index (χ0) is 13.7. The lowest BCUT2D eigenvalue weighted by molar-refractivity contribution is -0.00926. The lowest BCUT2D eigenvalue weighted by Crippen LogP contribution is -2.62. The number of ether oxygens (including phenoxy) is 1. The molecule has 0 amide bonds. The van der Waals surface area contributed by atoms with Crippen molar-refractivity contribution in [2.24, 2.45) is 5.92 Å². The molecule has 19 heavy (non-hydrogen) atoms. The van der Waals surface area contributed by atoms with E-state index < -0.39 is 0 Å². The van der Waals surface area contributed by atoms with Crippen LogP contribution in [0.15, 0.2) is 0 Å². The van der Waals surface area contributed by atoms with Crippen LogP contribution < -0.4 is 5.32 Å². The second kappa shape index (κ2) is 7.05. The SMILES string of the molecule is CCC(C)(C(NC)C1CCOCC1)N1CCCCC1. The van der Waals surface area contributed by atoms with Gasteiger partial charge in [-0.05, 0) is 65.1 Å². The normalized spacial score (nSPS) is 27.9. The van der Waals surface area contributed by atoms with Gasteiger partial charge in [0.15, 0.2) is 0 Å². The molecule has 0 saturated carbocycles. The molecule has 0 spiro atoms. The first kappa shape index (κ1) is 15.3. The van der Waals surface area contributed by atoms with E-state index >= 15 is 0 Å². The highest BCUT2D eigenvalue weighted by Gasteiger charge is 2.42. The minimum Gasteiger partial charge on any atom is -0.381 e. The standard InChI is InChI=1S/C16H32N2O/c1-4-16(2,18-10-6-5-7-11-18)15(17-3)14-8-12-19-13-9-14/h14-15,17H,4-13H2,1-3H3. The van der Waals surface area contributed by atoms with Crippen LogP contribution in [0.1, 0.15) is 52.4 Å². The van der Waals surface area contributed by atoms with E-state index in [0.717, 1.165) is 19.1 Å². The number of piperidine rings is 1. The monoisotopic (exact) mass is 268 g/mol. The van der Waals surface area contributed by atoms with Crippen LogP contribution in [0.5, 0.6) is 0 Å². The molecule has 0 aromatic heterocycles. The predicted octanol–water partition coefficient (Wildman–Crippen LogP) is 2.66. The maximum atomic E-state index is 5.54. The zero-order valence-electron chi connectivity index (χ0n) is 13.1. The van der Waals surface area contributed by atoms with E-state index in [-0.39, 0.29) is 0 Å². The summed E-state index contributed by atoms with van der Waals surface area (Å²) in [5, 5.41) is 3.66. The number of nitrogens with one attached hydrogen (secondary N) is 1. The zero-order valence-corrected chi connectivity index (χ0v) is 13.1. The van der Waals surface area contributed by atoms with E-state index in [0.29, 0.717) is 11.6 Å². The summed E-state index contributed by atoms with van der Waals surface area (Å²) in [6, 6.07) is 0.597. The first-order chi connectivity index (χ1) is 9.22. The fourth-order valence-electron chi connectivity index (χ4n) is 4.15. The molecule has 0 aromatic carbocycles. The quantitative estimate of drug-likeness (QED) is 0.829. The largest absolute Gasteiger partial charge is 0.381 e. The van der Waals surface area contributed by atoms with E-state index in [1.54, 1.807) is 0 Å². The van der Waals surface area contributed by atoms with Crippen molar-refractivity contribution in [3.63, 3.8) is 0 Å². The number of nitrogens with zero attached hydrogens (tertiary/aromatic N) is 1. The lowest BCUT2D eigenvalue weighted by atomic mass is 9.76. The third-order valence-electron chi connectivity index (χ3n) is 5.51. The van der Waals surface area contributed by atoms with Gasteiger partial charge in [0, 0.05) is 24.8 Å². The van der Waals surface area contributed by atoms with Gasteiger partial charge in [0.05, 0.1) is 0 Å². The van der Waals surface area contributed by atoms with E-state index in [1.165, 1.54) is 51.6 Å². The Bertz CT molecular complexity index is 259. The Balaban J connectivity index is 2.10. The van der Waals surface area contributed by atoms with Crippen LogP contribution in [-0.2, 0) is 4.74 Å². The molecule has 2 heterocycles. The second-order valence-electron chi connectivity index (χ2n) is 6.47. The van der Waals surface area contributed by atoms with Gasteiger partial charge in [0.1, 0.15) is 0 Å². The van der Waals surface area contributed by atoms with Crippen LogP contribution in [0.25, 0.3) is 0 Å². The fraction of sp³-hybridized carbons (Fsp3) is 1.00. The molecular weight excluding hydrogens is 236 g/mol. The molecule has 0 bridgehead atoms. The summed E-state index contributed by atoms with van der Waals surface area (Å²) in [6.07, 6.45) is 7.83. The minimum absolute atomic E-state index is 0.303. The first-order valence-electron chi connectivity index (χ1n) is 8.22. The molecule has 112 valence electrons. The molecule has 2 unspecified atom stereocenters. The summed E-state index contributed by atoms with van der Waals surface area (Å²) < 4.78 is 5.54. The van der Waals surface area contributed by atoms with Crippen LogP contribution in [0.4, 0.5) is 0 Å². The molecule has 2 aliphatic rings. The summed E-state index contributed by atoms with van der Waals surface area (Å²) in [5.74, 6) is 0.769. The predicted molar refractivity (Wildman–Crippen MR) is 80.5 cm³/mol. The van der Waals surface area contributed by atoms with Crippen molar-refractivity contribution in [3.05, 3.63) is 0 Å². The Labute approximate surface area is 119 Å². The van der Waals surface area contributed by atoms with Crippen LogP contribution in [-0.4, -0.2) is 49.8 Å². The van der Waals surface area contributed by atoms with E-state index in [2.05, 4.69) is 31.1 Å². The summed E-state index contributed by atoms with van der Waals surface area (Å²) in [7, 11) is 2.15. The molecule has 2 fully saturated rings. The summed E-state index contributed by atoms with van der Waals surface area (Å²) in [4.78, 5) is 2.76. The molecule has 0 aromatic rings. The van der Waals surface area contributed by atoms with Gasteiger partial charge in [-0.1, -0.05) is 13.3 Å². The summed E-state index contributed by atoms with van der Waals surface area (Å²) in [6.45, 7) is 9.30. The molecule has 2 atom stereocenters. The van der Waals surface area contributed by atoms with Crippen molar-refractivity contribution in [2.45, 2.75) is 64.0 Å². The number of rotatable bonds is 5. The summed E-state index contributed by atoms with van der Waals surface area (Å²) >= 11 is 0. The molecule has 1 N–H and O–H groups in total. The molecular formula is C16H32N2O. The van der Waals surface area contributed by atoms with Gasteiger partial charge in [-0.2, -0.15) is 0 Å². The van der Waals surface area contributed by atoms with Gasteiger partial charge in [0.2, 0.25) is 0 Å². The van der Waals surface area contributed by atoms with Crippen molar-refractivity contribution < 1.29 is 4.74 Å². The summed E-state index contributed by atoms with van der Waals surface area (Å²) in [5.41, 5.74) is 0.303. The Hall–Kier alpha value is -0.120. The Kier molecular flexibility index (Phi) is 5.67. The average molecular weight is 268 g/mol. The van der Waals surface area contributed by atoms with Gasteiger partial charge in [0.25, 0.3) is 0 Å². The van der Waals surface area contributed by atoms with E-state index in [9.17, 15) is 0 Å². The average Bonchev–Trinajstić information content (AvgIpc) is 2.49. The molecule has 2 saturated heterocycles. The highest BCUT2D eigenvalue weighted by atomic mass is 16.5. The molecule has 0 radical (unpaired) electrons. The smallest absolute Gasteiger partial charge is 0.0469 e. The highest BCUT2D eigenvalue weighted by molar-refractivity contribution is 5.00. The number of likely N-dealkylation sites (N-methyl/N-ethyl adjacent to an activating group) is 1. The lowest BCUT2D eigenvalue weighted by Gasteiger charge is -2.51. The van der Waals surface area contributed by atoms with Crippen molar-refractivity contribution in [1.29, 1.82) is 0 Å². The Morgan fingerprint density at radius 2 is 1.84 bits per heavy atom. The van der Waals surface area contributed by atoms with E-state index in [1.807, 2.05) is 0 Å². The van der Waals surface area contributed by atoms with Gasteiger partial charge in [-0.3, -0.25) is 4.90 Å².